The van der Waals surface area contributed by atoms with Crippen molar-refractivity contribution in [3.8, 4) is 0 Å². The summed E-state index contributed by atoms with van der Waals surface area (Å²) in [6.07, 6.45) is 1.23. The molecule has 1 amide bonds. The van der Waals surface area contributed by atoms with Crippen LogP contribution in [0.5, 0.6) is 0 Å². The number of hydrogen-bond acceptors (Lipinski definition) is 3. The fourth-order valence-electron chi connectivity index (χ4n) is 2.29. The van der Waals surface area contributed by atoms with Gasteiger partial charge in [-0.1, -0.05) is 19.1 Å². The van der Waals surface area contributed by atoms with E-state index < -0.39 is 5.97 Å². The van der Waals surface area contributed by atoms with Crippen molar-refractivity contribution in [1.82, 2.24) is 4.90 Å². The van der Waals surface area contributed by atoms with Crippen LogP contribution >= 0.6 is 0 Å². The third-order valence-electron chi connectivity index (χ3n) is 3.48. The summed E-state index contributed by atoms with van der Waals surface area (Å²) >= 11 is 0. The molecule has 5 heteroatoms. The second kappa shape index (κ2) is 6.52. The Hall–Kier alpha value is -1.88. The summed E-state index contributed by atoms with van der Waals surface area (Å²) < 4.78 is 5.54. The lowest BCUT2D eigenvalue weighted by molar-refractivity contribution is -0.138. The van der Waals surface area contributed by atoms with E-state index in [1.165, 1.54) is 6.07 Å². The molecule has 0 radical (unpaired) electrons. The van der Waals surface area contributed by atoms with Gasteiger partial charge in [0.2, 0.25) is 5.91 Å². The van der Waals surface area contributed by atoms with Crippen LogP contribution in [-0.2, 0) is 16.0 Å². The first kappa shape index (κ1) is 14.5. The van der Waals surface area contributed by atoms with Gasteiger partial charge in [-0.2, -0.15) is 0 Å². The third-order valence-corrected chi connectivity index (χ3v) is 3.48. The van der Waals surface area contributed by atoms with Gasteiger partial charge in [-0.05, 0) is 24.1 Å². The van der Waals surface area contributed by atoms with Gasteiger partial charge in [0, 0.05) is 13.1 Å². The number of carboxylic acids is 1. The minimum atomic E-state index is -0.975. The number of aromatic carboxylic acids is 1. The van der Waals surface area contributed by atoms with E-state index in [4.69, 9.17) is 9.84 Å². The van der Waals surface area contributed by atoms with Crippen LogP contribution < -0.4 is 0 Å². The monoisotopic (exact) mass is 277 g/mol. The lowest BCUT2D eigenvalue weighted by atomic mass is 10.1. The van der Waals surface area contributed by atoms with E-state index in [9.17, 15) is 9.59 Å². The Morgan fingerprint density at radius 3 is 2.95 bits per heavy atom. The Labute approximate surface area is 118 Å². The minimum absolute atomic E-state index is 0.0225. The number of carbonyl (C=O) groups excluding carboxylic acids is 1. The highest BCUT2D eigenvalue weighted by atomic mass is 16.5. The normalized spacial score (nSPS) is 18.9. The van der Waals surface area contributed by atoms with Gasteiger partial charge in [-0.15, -0.1) is 0 Å². The predicted molar refractivity (Wildman–Crippen MR) is 73.7 cm³/mol. The van der Waals surface area contributed by atoms with E-state index in [0.29, 0.717) is 19.7 Å². The maximum absolute atomic E-state index is 12.2. The van der Waals surface area contributed by atoms with E-state index in [1.54, 1.807) is 23.1 Å². The van der Waals surface area contributed by atoms with Crippen molar-refractivity contribution in [2.45, 2.75) is 25.9 Å². The van der Waals surface area contributed by atoms with Gasteiger partial charge in [-0.3, -0.25) is 4.79 Å². The fraction of sp³-hybridized carbons (Fsp3) is 0.467. The second-order valence-corrected chi connectivity index (χ2v) is 4.92. The molecule has 1 aliphatic rings. The van der Waals surface area contributed by atoms with E-state index in [2.05, 4.69) is 0 Å². The quantitative estimate of drug-likeness (QED) is 0.907. The zero-order chi connectivity index (χ0) is 14.5. The number of carboxylic acid groups (broad SMARTS) is 1. The molecule has 1 aromatic carbocycles. The summed E-state index contributed by atoms with van der Waals surface area (Å²) in [5.41, 5.74) is 0.943. The summed E-state index contributed by atoms with van der Waals surface area (Å²) in [7, 11) is 0. The highest BCUT2D eigenvalue weighted by molar-refractivity contribution is 5.88. The Kier molecular flexibility index (Phi) is 4.74. The number of morpholine rings is 1. The van der Waals surface area contributed by atoms with Crippen molar-refractivity contribution >= 4 is 11.9 Å². The molecule has 5 nitrogen and oxygen atoms in total. The van der Waals surface area contributed by atoms with Crippen molar-refractivity contribution in [2.24, 2.45) is 0 Å². The molecule has 1 aliphatic heterocycles. The number of nitrogens with zero attached hydrogens (tertiary/aromatic N) is 1. The summed E-state index contributed by atoms with van der Waals surface area (Å²) in [4.78, 5) is 24.9. The maximum Gasteiger partial charge on any atom is 0.335 e. The molecular weight excluding hydrogens is 258 g/mol. The second-order valence-electron chi connectivity index (χ2n) is 4.92. The number of ether oxygens (including phenoxy) is 1. The van der Waals surface area contributed by atoms with E-state index in [1.807, 2.05) is 6.92 Å². The summed E-state index contributed by atoms with van der Waals surface area (Å²) in [5.74, 6) is -0.953. The standard InChI is InChI=1S/C15H19NO4/c1-2-13-10-16(6-7-20-13)14(17)9-11-4-3-5-12(8-11)15(18)19/h3-5,8,13H,2,6-7,9-10H2,1H3,(H,18,19). The van der Waals surface area contributed by atoms with Crippen molar-refractivity contribution in [3.63, 3.8) is 0 Å². The van der Waals surface area contributed by atoms with Gasteiger partial charge in [0.25, 0.3) is 0 Å². The minimum Gasteiger partial charge on any atom is -0.478 e. The largest absolute Gasteiger partial charge is 0.478 e. The van der Waals surface area contributed by atoms with Gasteiger partial charge < -0.3 is 14.7 Å². The number of rotatable bonds is 4. The first-order valence-corrected chi connectivity index (χ1v) is 6.81. The molecule has 0 saturated carbocycles. The van der Waals surface area contributed by atoms with Crippen molar-refractivity contribution in [1.29, 1.82) is 0 Å². The maximum atomic E-state index is 12.2. The van der Waals surface area contributed by atoms with E-state index in [-0.39, 0.29) is 24.0 Å². The summed E-state index contributed by atoms with van der Waals surface area (Å²) in [5, 5.41) is 8.95. The Morgan fingerprint density at radius 2 is 2.25 bits per heavy atom. The summed E-state index contributed by atoms with van der Waals surface area (Å²) in [6.45, 7) is 3.83. The number of amides is 1. The van der Waals surface area contributed by atoms with Crippen molar-refractivity contribution in [2.75, 3.05) is 19.7 Å². The summed E-state index contributed by atoms with van der Waals surface area (Å²) in [6, 6.07) is 6.53. The average Bonchev–Trinajstić information content (AvgIpc) is 2.47. The van der Waals surface area contributed by atoms with Crippen LogP contribution in [0, 0.1) is 0 Å². The molecule has 2 rings (SSSR count). The molecule has 0 aromatic heterocycles. The van der Waals surface area contributed by atoms with E-state index >= 15 is 0 Å². The van der Waals surface area contributed by atoms with Crippen LogP contribution in [0.2, 0.25) is 0 Å². The molecule has 1 N–H and O–H groups in total. The SMILES string of the molecule is CCC1CN(C(=O)Cc2cccc(C(=O)O)c2)CCO1. The first-order valence-electron chi connectivity index (χ1n) is 6.81. The van der Waals surface area contributed by atoms with Crippen molar-refractivity contribution < 1.29 is 19.4 Å². The molecule has 1 saturated heterocycles. The van der Waals surface area contributed by atoms with Crippen LogP contribution in [0.15, 0.2) is 24.3 Å². The predicted octanol–water partition coefficient (Wildman–Crippen LogP) is 1.56. The molecule has 1 fully saturated rings. The number of carbonyl (C=O) groups is 2. The van der Waals surface area contributed by atoms with Gasteiger partial charge in [-0.25, -0.2) is 4.79 Å². The Bertz CT molecular complexity index is 500. The Balaban J connectivity index is 2.00. The molecular formula is C15H19NO4. The zero-order valence-corrected chi connectivity index (χ0v) is 11.5. The number of benzene rings is 1. The van der Waals surface area contributed by atoms with Crippen LogP contribution in [0.25, 0.3) is 0 Å². The smallest absolute Gasteiger partial charge is 0.335 e. The molecule has 0 bridgehead atoms. The van der Waals surface area contributed by atoms with Crippen LogP contribution in [0.3, 0.4) is 0 Å². The molecule has 1 heterocycles. The molecule has 1 atom stereocenters. The fourth-order valence-corrected chi connectivity index (χ4v) is 2.29. The van der Waals surface area contributed by atoms with Crippen LogP contribution in [0.1, 0.15) is 29.3 Å². The molecule has 0 spiro atoms. The lowest BCUT2D eigenvalue weighted by Crippen LogP contribution is -2.46. The topological polar surface area (TPSA) is 66.8 Å². The molecule has 20 heavy (non-hydrogen) atoms. The molecule has 1 aromatic rings. The van der Waals surface area contributed by atoms with Gasteiger partial charge in [0.05, 0.1) is 24.7 Å². The molecule has 0 aliphatic carbocycles. The van der Waals surface area contributed by atoms with Gasteiger partial charge in [0.15, 0.2) is 0 Å². The van der Waals surface area contributed by atoms with Crippen LogP contribution in [0.4, 0.5) is 0 Å². The average molecular weight is 277 g/mol. The van der Waals surface area contributed by atoms with Crippen LogP contribution in [-0.4, -0.2) is 47.7 Å². The van der Waals surface area contributed by atoms with E-state index in [0.717, 1.165) is 12.0 Å². The van der Waals surface area contributed by atoms with Crippen molar-refractivity contribution in [3.05, 3.63) is 35.4 Å². The zero-order valence-electron chi connectivity index (χ0n) is 11.5. The lowest BCUT2D eigenvalue weighted by Gasteiger charge is -2.32. The molecule has 108 valence electrons. The highest BCUT2D eigenvalue weighted by Gasteiger charge is 2.23. The number of hydrogen-bond donors (Lipinski definition) is 1. The first-order chi connectivity index (χ1) is 9.60. The molecule has 1 unspecified atom stereocenters. The third kappa shape index (κ3) is 3.57. The Morgan fingerprint density at radius 1 is 1.45 bits per heavy atom. The van der Waals surface area contributed by atoms with Gasteiger partial charge >= 0.3 is 5.97 Å². The highest BCUT2D eigenvalue weighted by Crippen LogP contribution is 2.12. The van der Waals surface area contributed by atoms with Gasteiger partial charge in [0.1, 0.15) is 0 Å².